The lowest BCUT2D eigenvalue weighted by molar-refractivity contribution is 0.516. The zero-order valence-electron chi connectivity index (χ0n) is 9.87. The zero-order valence-corrected chi connectivity index (χ0v) is 11.5. The van der Waals surface area contributed by atoms with Crippen LogP contribution in [-0.4, -0.2) is 4.57 Å². The van der Waals surface area contributed by atoms with Crippen LogP contribution in [0.5, 0.6) is 0 Å². The third-order valence-electron chi connectivity index (χ3n) is 3.06. The van der Waals surface area contributed by atoms with Gasteiger partial charge in [-0.05, 0) is 23.6 Å². The van der Waals surface area contributed by atoms with E-state index in [1.165, 1.54) is 16.5 Å². The molecule has 0 amide bonds. The summed E-state index contributed by atoms with van der Waals surface area (Å²) in [5, 5.41) is 1.26. The van der Waals surface area contributed by atoms with Crippen molar-refractivity contribution in [2.45, 2.75) is 19.9 Å². The van der Waals surface area contributed by atoms with Gasteiger partial charge in [-0.1, -0.05) is 35.8 Å². The Morgan fingerprint density at radius 2 is 2.00 bits per heavy atom. The average Bonchev–Trinajstić information content (AvgIpc) is 2.55. The molecule has 2 N–H and O–H groups in total. The molecule has 1 heterocycles. The molecule has 1 unspecified atom stereocenters. The summed E-state index contributed by atoms with van der Waals surface area (Å²) in [5.41, 5.74) is 8.69. The van der Waals surface area contributed by atoms with Crippen LogP contribution in [0, 0.1) is 5.92 Å². The maximum atomic E-state index is 6.23. The Labute approximate surface area is 105 Å². The molecule has 0 saturated heterocycles. The molecule has 3 heteroatoms. The molecule has 2 aromatic rings. The SMILES string of the molecule is CC(C)C(N)c1cn(C)c2cc(Br)ccc12. The first-order valence-corrected chi connectivity index (χ1v) is 6.30. The summed E-state index contributed by atoms with van der Waals surface area (Å²) in [6, 6.07) is 6.44. The van der Waals surface area contributed by atoms with Crippen molar-refractivity contribution in [3.63, 3.8) is 0 Å². The molecule has 86 valence electrons. The number of fused-ring (bicyclic) bond motifs is 1. The van der Waals surface area contributed by atoms with Gasteiger partial charge in [-0.25, -0.2) is 0 Å². The second-order valence-electron chi connectivity index (χ2n) is 4.63. The monoisotopic (exact) mass is 280 g/mol. The molecule has 1 aromatic heterocycles. The fraction of sp³-hybridized carbons (Fsp3) is 0.385. The highest BCUT2D eigenvalue weighted by atomic mass is 79.9. The average molecular weight is 281 g/mol. The van der Waals surface area contributed by atoms with Gasteiger partial charge in [-0.3, -0.25) is 0 Å². The Bertz CT molecular complexity index is 514. The second-order valence-corrected chi connectivity index (χ2v) is 5.54. The van der Waals surface area contributed by atoms with Crippen molar-refractivity contribution in [1.29, 1.82) is 0 Å². The van der Waals surface area contributed by atoms with Gasteiger partial charge in [-0.2, -0.15) is 0 Å². The van der Waals surface area contributed by atoms with E-state index in [2.05, 4.69) is 65.8 Å². The lowest BCUT2D eigenvalue weighted by Crippen LogP contribution is -2.16. The predicted molar refractivity (Wildman–Crippen MR) is 72.4 cm³/mol. The molecule has 0 saturated carbocycles. The molecule has 0 aliphatic heterocycles. The van der Waals surface area contributed by atoms with E-state index in [4.69, 9.17) is 5.73 Å². The standard InChI is InChI=1S/C13H17BrN2/c1-8(2)13(15)11-7-16(3)12-6-9(14)4-5-10(11)12/h4-8,13H,15H2,1-3H3. The molecular formula is C13H17BrN2. The van der Waals surface area contributed by atoms with Crippen LogP contribution in [0.15, 0.2) is 28.9 Å². The van der Waals surface area contributed by atoms with Gasteiger partial charge in [0.2, 0.25) is 0 Å². The van der Waals surface area contributed by atoms with E-state index in [1.807, 2.05) is 0 Å². The third-order valence-corrected chi connectivity index (χ3v) is 3.55. The second kappa shape index (κ2) is 4.22. The molecule has 2 rings (SSSR count). The van der Waals surface area contributed by atoms with E-state index < -0.39 is 0 Å². The summed E-state index contributed by atoms with van der Waals surface area (Å²) >= 11 is 3.50. The largest absolute Gasteiger partial charge is 0.350 e. The highest BCUT2D eigenvalue weighted by Gasteiger charge is 2.16. The predicted octanol–water partition coefficient (Wildman–Crippen LogP) is 3.60. The Hall–Kier alpha value is -0.800. The van der Waals surface area contributed by atoms with E-state index in [0.29, 0.717) is 5.92 Å². The van der Waals surface area contributed by atoms with E-state index in [0.717, 1.165) is 4.47 Å². The molecule has 16 heavy (non-hydrogen) atoms. The number of hydrogen-bond donors (Lipinski definition) is 1. The van der Waals surface area contributed by atoms with Gasteiger partial charge in [0.05, 0.1) is 0 Å². The topological polar surface area (TPSA) is 30.9 Å². The summed E-state index contributed by atoms with van der Waals surface area (Å²) in [7, 11) is 2.06. The number of rotatable bonds is 2. The lowest BCUT2D eigenvalue weighted by Gasteiger charge is -2.14. The number of hydrogen-bond acceptors (Lipinski definition) is 1. The Kier molecular flexibility index (Phi) is 3.08. The maximum absolute atomic E-state index is 6.23. The molecule has 1 atom stereocenters. The lowest BCUT2D eigenvalue weighted by atomic mass is 9.97. The number of benzene rings is 1. The minimum atomic E-state index is 0.102. The van der Waals surface area contributed by atoms with Crippen LogP contribution in [0.4, 0.5) is 0 Å². The van der Waals surface area contributed by atoms with Crippen molar-refractivity contribution < 1.29 is 0 Å². The van der Waals surface area contributed by atoms with Crippen molar-refractivity contribution >= 4 is 26.8 Å². The molecule has 1 aromatic carbocycles. The summed E-state index contributed by atoms with van der Waals surface area (Å²) in [5.74, 6) is 0.453. The Balaban J connectivity index is 2.64. The summed E-state index contributed by atoms with van der Waals surface area (Å²) < 4.78 is 3.24. The van der Waals surface area contributed by atoms with Gasteiger partial charge in [0.1, 0.15) is 0 Å². The van der Waals surface area contributed by atoms with Crippen LogP contribution < -0.4 is 5.73 Å². The Morgan fingerprint density at radius 3 is 2.62 bits per heavy atom. The van der Waals surface area contributed by atoms with E-state index >= 15 is 0 Å². The van der Waals surface area contributed by atoms with E-state index in [-0.39, 0.29) is 6.04 Å². The smallest absolute Gasteiger partial charge is 0.0492 e. The molecule has 0 aliphatic carbocycles. The number of aryl methyl sites for hydroxylation is 1. The van der Waals surface area contributed by atoms with Crippen LogP contribution in [0.2, 0.25) is 0 Å². The zero-order chi connectivity index (χ0) is 11.9. The van der Waals surface area contributed by atoms with Crippen LogP contribution in [-0.2, 0) is 7.05 Å². The van der Waals surface area contributed by atoms with Gasteiger partial charge < -0.3 is 10.3 Å². The highest BCUT2D eigenvalue weighted by Crippen LogP contribution is 2.30. The van der Waals surface area contributed by atoms with Crippen LogP contribution >= 0.6 is 15.9 Å². The van der Waals surface area contributed by atoms with Gasteiger partial charge in [-0.15, -0.1) is 0 Å². The van der Waals surface area contributed by atoms with Gasteiger partial charge in [0.25, 0.3) is 0 Å². The quantitative estimate of drug-likeness (QED) is 0.896. The summed E-state index contributed by atoms with van der Waals surface area (Å²) in [6.45, 7) is 4.31. The molecule has 0 fully saturated rings. The Morgan fingerprint density at radius 1 is 1.31 bits per heavy atom. The van der Waals surface area contributed by atoms with Crippen molar-refractivity contribution in [2.24, 2.45) is 18.7 Å². The third kappa shape index (κ3) is 1.89. The highest BCUT2D eigenvalue weighted by molar-refractivity contribution is 9.10. The van der Waals surface area contributed by atoms with Crippen LogP contribution in [0.3, 0.4) is 0 Å². The molecule has 0 spiro atoms. The van der Waals surface area contributed by atoms with Crippen molar-refractivity contribution in [1.82, 2.24) is 4.57 Å². The van der Waals surface area contributed by atoms with Gasteiger partial charge in [0.15, 0.2) is 0 Å². The van der Waals surface area contributed by atoms with Crippen molar-refractivity contribution in [2.75, 3.05) is 0 Å². The van der Waals surface area contributed by atoms with E-state index in [9.17, 15) is 0 Å². The minimum Gasteiger partial charge on any atom is -0.350 e. The molecule has 2 nitrogen and oxygen atoms in total. The first kappa shape index (κ1) is 11.7. The molecule has 0 radical (unpaired) electrons. The minimum absolute atomic E-state index is 0.102. The maximum Gasteiger partial charge on any atom is 0.0492 e. The normalized spacial score (nSPS) is 13.6. The van der Waals surface area contributed by atoms with E-state index in [1.54, 1.807) is 0 Å². The first-order valence-electron chi connectivity index (χ1n) is 5.50. The molecular weight excluding hydrogens is 264 g/mol. The van der Waals surface area contributed by atoms with Crippen molar-refractivity contribution in [3.05, 3.63) is 34.4 Å². The number of nitrogens with two attached hydrogens (primary N) is 1. The molecule has 0 aliphatic rings. The van der Waals surface area contributed by atoms with Crippen LogP contribution in [0.25, 0.3) is 10.9 Å². The molecule has 0 bridgehead atoms. The van der Waals surface area contributed by atoms with Crippen LogP contribution in [0.1, 0.15) is 25.5 Å². The number of nitrogens with zero attached hydrogens (tertiary/aromatic N) is 1. The van der Waals surface area contributed by atoms with Gasteiger partial charge >= 0.3 is 0 Å². The first-order chi connectivity index (χ1) is 7.50. The van der Waals surface area contributed by atoms with Crippen molar-refractivity contribution in [3.8, 4) is 0 Å². The fourth-order valence-electron chi connectivity index (χ4n) is 2.01. The summed E-state index contributed by atoms with van der Waals surface area (Å²) in [6.07, 6.45) is 2.14. The summed E-state index contributed by atoms with van der Waals surface area (Å²) in [4.78, 5) is 0. The fourth-order valence-corrected chi connectivity index (χ4v) is 2.36. The number of aromatic nitrogens is 1. The number of halogens is 1. The van der Waals surface area contributed by atoms with Gasteiger partial charge in [0, 0.05) is 34.7 Å².